The van der Waals surface area contributed by atoms with Crippen molar-refractivity contribution in [3.05, 3.63) is 48.6 Å². The van der Waals surface area contributed by atoms with Gasteiger partial charge in [0.1, 0.15) is 41.2 Å². The van der Waals surface area contributed by atoms with Crippen LogP contribution < -0.4 is 0 Å². The highest BCUT2D eigenvalue weighted by Gasteiger charge is 2.67. The van der Waals surface area contributed by atoms with Crippen LogP contribution in [0.4, 0.5) is 0 Å². The highest BCUT2D eigenvalue weighted by atomic mass is 32.2. The molecule has 32 nitrogen and oxygen atoms in total. The third-order valence-corrected chi connectivity index (χ3v) is 29.3. The number of rotatable bonds is 25. The fourth-order valence-corrected chi connectivity index (χ4v) is 21.0. The first kappa shape index (κ1) is 100.0. The predicted octanol–water partition coefficient (Wildman–Crippen LogP) is 11.0. The first-order valence-electron chi connectivity index (χ1n) is 42.2. The lowest BCUT2D eigenvalue weighted by Crippen LogP contribution is -2.58. The summed E-state index contributed by atoms with van der Waals surface area (Å²) in [6, 6.07) is 0. The monoisotopic (exact) mass is 1750 g/mol. The van der Waals surface area contributed by atoms with Gasteiger partial charge in [0.25, 0.3) is 20.2 Å². The molecule has 0 radical (unpaired) electrons. The van der Waals surface area contributed by atoms with Gasteiger partial charge in [-0.3, -0.25) is 22.7 Å². The quantitative estimate of drug-likeness (QED) is 0.0354. The van der Waals surface area contributed by atoms with E-state index in [2.05, 4.69) is 42.7 Å². The number of carbonyl (C=O) groups excluding carboxylic acids is 13. The molecule has 0 aromatic rings. The number of ether oxygens (including phenoxy) is 13. The average molecular weight is 1750 g/mol. The number of hydrogen-bond donors (Lipinski definition) is 0. The van der Waals surface area contributed by atoms with Gasteiger partial charge in [-0.1, -0.05) is 47.1 Å². The Labute approximate surface area is 711 Å². The van der Waals surface area contributed by atoms with Gasteiger partial charge in [0.15, 0.2) is 26.4 Å². The van der Waals surface area contributed by atoms with Crippen molar-refractivity contribution in [1.82, 2.24) is 0 Å². The summed E-state index contributed by atoms with van der Waals surface area (Å²) in [7, 11) is -7.05. The molecule has 14 aliphatic rings. The molecule has 0 N–H and O–H groups in total. The van der Waals surface area contributed by atoms with Crippen LogP contribution in [0, 0.1) is 63.6 Å². The molecule has 12 unspecified atom stereocenters. The molecule has 0 aromatic heterocycles. The molecular formula is C87H128O32S2. The van der Waals surface area contributed by atoms with Gasteiger partial charge in [-0.2, -0.15) is 16.8 Å². The molecule has 34 heteroatoms. The van der Waals surface area contributed by atoms with E-state index < -0.39 is 170 Å². The lowest BCUT2D eigenvalue weighted by Gasteiger charge is -2.59. The van der Waals surface area contributed by atoms with Crippen LogP contribution in [0.5, 0.6) is 0 Å². The summed E-state index contributed by atoms with van der Waals surface area (Å²) in [6.45, 7) is 41.5. The number of fused-ring (bicyclic) bond motifs is 2. The van der Waals surface area contributed by atoms with Gasteiger partial charge in [-0.05, 0) is 242 Å². The maximum atomic E-state index is 12.2. The van der Waals surface area contributed by atoms with Gasteiger partial charge in [-0.25, -0.2) is 47.9 Å². The van der Waals surface area contributed by atoms with Gasteiger partial charge in [-0.15, -0.1) is 0 Å². The van der Waals surface area contributed by atoms with Crippen LogP contribution in [0.1, 0.15) is 252 Å². The van der Waals surface area contributed by atoms with Gasteiger partial charge in [0.2, 0.25) is 12.2 Å². The molecule has 14 rings (SSSR count). The molecule has 4 saturated heterocycles. The lowest BCUT2D eigenvalue weighted by molar-refractivity contribution is -0.207. The van der Waals surface area contributed by atoms with E-state index in [0.717, 1.165) is 69.6 Å². The highest BCUT2D eigenvalue weighted by molar-refractivity contribution is 7.88. The minimum Gasteiger partial charge on any atom is -0.463 e. The van der Waals surface area contributed by atoms with E-state index in [1.54, 1.807) is 34.6 Å². The van der Waals surface area contributed by atoms with E-state index in [-0.39, 0.29) is 74.9 Å². The largest absolute Gasteiger partial charge is 0.463 e. The Morgan fingerprint density at radius 1 is 0.413 bits per heavy atom. The van der Waals surface area contributed by atoms with E-state index in [4.69, 9.17) is 60.5 Å². The van der Waals surface area contributed by atoms with E-state index in [1.807, 2.05) is 48.5 Å². The molecule has 0 aromatic carbocycles. The zero-order valence-corrected chi connectivity index (χ0v) is 74.9. The summed E-state index contributed by atoms with van der Waals surface area (Å²) >= 11 is 0. The minimum absolute atomic E-state index is 0.00284. The summed E-state index contributed by atoms with van der Waals surface area (Å²) < 4.78 is 123. The lowest BCUT2D eigenvalue weighted by atomic mass is 9.50. The number of esters is 13. The molecule has 12 atom stereocenters. The Kier molecular flexibility index (Phi) is 34.4. The summed E-state index contributed by atoms with van der Waals surface area (Å²) in [4.78, 5) is 149. The molecule has 10 aliphatic carbocycles. The fourth-order valence-electron chi connectivity index (χ4n) is 17.3. The van der Waals surface area contributed by atoms with Crippen molar-refractivity contribution in [2.45, 2.75) is 316 Å². The first-order chi connectivity index (χ1) is 56.2. The molecule has 0 amide bonds. The van der Waals surface area contributed by atoms with E-state index in [9.17, 15) is 79.2 Å². The van der Waals surface area contributed by atoms with Crippen molar-refractivity contribution in [3.63, 3.8) is 0 Å². The molecule has 14 fully saturated rings. The number of hydrogen-bond acceptors (Lipinski definition) is 32. The standard InChI is InChI=1S/C19H26O6.C15H22O7S.C13H16O7S.C12H22O2.C10H16O4.C10H16O2.C8H10O4/c1-11(2)18(22)24-9-16(20)23-10-17(21)25-19(3)14-5-12-4-13(7-14)8-15(19)6-12;1-4-15(2,3)14(17)20-7-11(16)21-12-8-5-9-10(6-8)23(18,19)22-13(9)12;1-6(2)13(15)18-5-10(14)19-11-7-3-8-9(4-7)21(16,17)20-12(8)11;1-5-11(2,3)10(13)14-12(4)8-6-7-9-12;1-4-10(2,3)9(12)14-7-5-6-13-8(7)11;1-8(2)9(11)12-10(3)6-4-5-7-10;1-5(2)7(9)12-6-3-4-11-8(6)10/h12-15H,1,4-10H2,2-3H3;8-10,12-13H,4-7H2,1-3H3;7-9,11-12H,1,3-5H2,2H3;5-9H2,1-4H3;7H,4-6H2,1-3H3;1,4-7H2,2-3H3;6H,1,3-4H2,2H3. The topological polar surface area (TPSA) is 429 Å². The number of carbonyl (C=O) groups is 13. The van der Waals surface area contributed by atoms with Crippen LogP contribution >= 0.6 is 0 Å². The maximum Gasteiger partial charge on any atom is 0.347 e. The molecule has 680 valence electrons. The zero-order chi connectivity index (χ0) is 90.5. The second-order valence-corrected chi connectivity index (χ2v) is 40.4. The van der Waals surface area contributed by atoms with Crippen LogP contribution in [0.25, 0.3) is 0 Å². The Morgan fingerprint density at radius 3 is 1.17 bits per heavy atom. The van der Waals surface area contributed by atoms with Gasteiger partial charge >= 0.3 is 77.6 Å². The zero-order valence-electron chi connectivity index (χ0n) is 73.2. The SMILES string of the molecule is C=C(C)C(=O)OC1(C)CCCC1.C=C(C)C(=O)OC1CCOC1=O.C=C(C)C(=O)OCC(=O)OC1C2CC3C1OS(=O)(=O)C3C2.C=C(C)C(=O)OCC(=O)OCC(=O)OC1(C)C2CC3CC(C2)CC1C3.CCC(C)(C)C(=O)OC1(C)CCCC1.CCC(C)(C)C(=O)OC1CCOC1=O.CCC(C)(C)C(=O)OCC(=O)OC1C2CC3C1OS(=O)(=O)C3C2. The van der Waals surface area contributed by atoms with Crippen molar-refractivity contribution in [3.8, 4) is 0 Å². The van der Waals surface area contributed by atoms with Crippen LogP contribution in [-0.4, -0.2) is 198 Å². The second kappa shape index (κ2) is 41.6. The maximum absolute atomic E-state index is 12.2. The second-order valence-electron chi connectivity index (χ2n) is 36.9. The van der Waals surface area contributed by atoms with E-state index in [0.29, 0.717) is 82.0 Å². The fraction of sp³-hybridized carbons (Fsp3) is 0.759. The first-order valence-corrected chi connectivity index (χ1v) is 45.1. The Balaban J connectivity index is 0.000000198. The molecular weight excluding hydrogens is 1620 g/mol. The Morgan fingerprint density at radius 2 is 0.777 bits per heavy atom. The van der Waals surface area contributed by atoms with Crippen molar-refractivity contribution in [2.75, 3.05) is 39.6 Å². The molecule has 8 bridgehead atoms. The smallest absolute Gasteiger partial charge is 0.347 e. The van der Waals surface area contributed by atoms with Gasteiger partial charge < -0.3 is 61.6 Å². The van der Waals surface area contributed by atoms with Crippen LogP contribution in [0.15, 0.2) is 48.6 Å². The van der Waals surface area contributed by atoms with Gasteiger partial charge in [0.05, 0.1) is 40.0 Å². The Hall–Kier alpha value is -8.11. The van der Waals surface area contributed by atoms with Crippen molar-refractivity contribution < 1.29 is 149 Å². The summed E-state index contributed by atoms with van der Waals surface area (Å²) in [5.74, 6) is -4.26. The highest BCUT2D eigenvalue weighted by Crippen LogP contribution is 2.60. The summed E-state index contributed by atoms with van der Waals surface area (Å²) in [5, 5.41) is -0.903. The molecule has 4 aliphatic heterocycles. The molecule has 121 heavy (non-hydrogen) atoms. The van der Waals surface area contributed by atoms with E-state index in [1.165, 1.54) is 52.9 Å². The van der Waals surface area contributed by atoms with E-state index >= 15 is 0 Å². The molecule has 0 spiro atoms. The van der Waals surface area contributed by atoms with Gasteiger partial charge in [0, 0.05) is 58.8 Å². The normalized spacial score (nSPS) is 30.0. The summed E-state index contributed by atoms with van der Waals surface area (Å²) in [6.07, 6.45) is 16.3. The third kappa shape index (κ3) is 26.5. The molecule has 4 heterocycles. The molecule has 10 saturated carbocycles. The van der Waals surface area contributed by atoms with Crippen LogP contribution in [0.2, 0.25) is 0 Å². The summed E-state index contributed by atoms with van der Waals surface area (Å²) in [5.41, 5.74) is -1.17. The predicted molar refractivity (Wildman–Crippen MR) is 431 cm³/mol. The van der Waals surface area contributed by atoms with Crippen molar-refractivity contribution in [1.29, 1.82) is 0 Å². The van der Waals surface area contributed by atoms with Crippen molar-refractivity contribution in [2.24, 2.45) is 63.6 Å². The van der Waals surface area contributed by atoms with Crippen molar-refractivity contribution >= 4 is 97.8 Å². The van der Waals surface area contributed by atoms with Crippen LogP contribution in [0.3, 0.4) is 0 Å². The minimum atomic E-state index is -3.53. The average Bonchev–Trinajstić information content (AvgIpc) is 1.47. The van der Waals surface area contributed by atoms with Crippen LogP contribution in [-0.2, 0) is 153 Å². The Bertz CT molecular complexity index is 4090. The number of cyclic esters (lactones) is 2. The third-order valence-electron chi connectivity index (χ3n) is 25.7.